The molecule has 10 unspecified atom stereocenters. The summed E-state index contributed by atoms with van der Waals surface area (Å²) < 4.78 is 57.2. The molecule has 0 bridgehead atoms. The van der Waals surface area contributed by atoms with Gasteiger partial charge in [-0.15, -0.1) is 0 Å². The van der Waals surface area contributed by atoms with Gasteiger partial charge in [0.1, 0.15) is 122 Å². The van der Waals surface area contributed by atoms with Crippen LogP contribution in [0.1, 0.15) is 105 Å². The van der Waals surface area contributed by atoms with Gasteiger partial charge in [-0.1, -0.05) is 73.1 Å². The van der Waals surface area contributed by atoms with Crippen LogP contribution in [0.2, 0.25) is 0 Å². The maximum absolute atomic E-state index is 9.68. The Hall–Kier alpha value is -1.24. The summed E-state index contributed by atoms with van der Waals surface area (Å²) in [7, 11) is 0. The third-order valence-electron chi connectivity index (χ3n) is 13.7. The van der Waals surface area contributed by atoms with Crippen LogP contribution in [0.3, 0.4) is 0 Å². The van der Waals surface area contributed by atoms with Crippen LogP contribution in [0.5, 0.6) is 0 Å². The predicted octanol–water partition coefficient (Wildman–Crippen LogP) is -6.58. The van der Waals surface area contributed by atoms with Crippen molar-refractivity contribution in [3.05, 3.63) is 0 Å². The second-order valence-electron chi connectivity index (χ2n) is 20.6. The molecule has 5 rings (SSSR count). The van der Waals surface area contributed by atoms with Crippen molar-refractivity contribution in [1.29, 1.82) is 0 Å². The van der Waals surface area contributed by atoms with Crippen molar-refractivity contribution >= 4 is 0 Å². The van der Waals surface area contributed by atoms with Crippen molar-refractivity contribution in [2.24, 2.45) is 0 Å². The molecule has 0 amide bonds. The number of aliphatic hydroxyl groups excluding tert-OH is 20. The minimum atomic E-state index is -1.41. The van der Waals surface area contributed by atoms with E-state index in [1.54, 1.807) is 0 Å². The van der Waals surface area contributed by atoms with Gasteiger partial charge in [-0.25, -0.2) is 0 Å². The highest BCUT2D eigenvalue weighted by Crippen LogP contribution is 2.26. The first kappa shape index (κ1) is 80.8. The Morgan fingerprint density at radius 3 is 0.726 bits per heavy atom. The van der Waals surface area contributed by atoms with Crippen molar-refractivity contribution in [1.82, 2.24) is 0 Å². The molecule has 0 aromatic carbocycles. The monoisotopic (exact) mass is 1240 g/mol. The zero-order valence-electron chi connectivity index (χ0n) is 49.1. The van der Waals surface area contributed by atoms with Crippen LogP contribution in [0.4, 0.5) is 0 Å². The molecule has 504 valence electrons. The fourth-order valence-corrected chi connectivity index (χ4v) is 8.35. The van der Waals surface area contributed by atoms with E-state index >= 15 is 0 Å². The van der Waals surface area contributed by atoms with E-state index in [9.17, 15) is 76.6 Å². The van der Waals surface area contributed by atoms with Crippen LogP contribution in [0.15, 0.2) is 0 Å². The average Bonchev–Trinajstić information content (AvgIpc) is 3.45. The van der Waals surface area contributed by atoms with Crippen molar-refractivity contribution < 1.29 is 154 Å². The highest BCUT2D eigenvalue weighted by Gasteiger charge is 2.48. The molecule has 25 atom stereocenters. The smallest absolute Gasteiger partial charge is 0.186 e. The molecule has 0 aromatic heterocycles. The third-order valence-corrected chi connectivity index (χ3v) is 13.7. The van der Waals surface area contributed by atoms with E-state index in [1.807, 2.05) is 20.8 Å². The lowest BCUT2D eigenvalue weighted by Gasteiger charge is -2.39. The Balaban J connectivity index is 0.000000526. The summed E-state index contributed by atoms with van der Waals surface area (Å²) in [5.41, 5.74) is 0. The third kappa shape index (κ3) is 27.1. The Morgan fingerprint density at radius 2 is 0.464 bits per heavy atom. The molecular weight excluding hydrogens is 1130 g/mol. The summed E-state index contributed by atoms with van der Waals surface area (Å²) in [5, 5.41) is 188. The number of unbranched alkanes of at least 4 members (excludes halogenated alkanes) is 6. The minimum Gasteiger partial charge on any atom is -0.394 e. The fraction of sp³-hybridized carbons (Fsp3) is 1.00. The SMILES string of the molecule is CCCCCCO[C@@H]1OC(CO)[C@H](O)[C@H](O)C1O.CCCCCO[C@@H]1OC(CO)[C@H](O)[C@H](O)C1O.CCCCO[C@@H]1OC(CO)[C@H](O)[C@H](O)C1O.CCCOCCO[C@@H]1OC(CO)[C@H](O)[C@H](O)C1O.CCCO[C@@H]1OC(CO)[C@H](O)[C@H](O)C1O. The van der Waals surface area contributed by atoms with Gasteiger partial charge in [-0.05, 0) is 32.1 Å². The highest BCUT2D eigenvalue weighted by atomic mass is 16.7. The van der Waals surface area contributed by atoms with Gasteiger partial charge in [0.2, 0.25) is 0 Å². The van der Waals surface area contributed by atoms with E-state index < -0.39 is 187 Å². The minimum absolute atomic E-state index is 0.197. The molecule has 0 aliphatic carbocycles. The molecule has 31 nitrogen and oxygen atoms in total. The Bertz CT molecular complexity index is 1500. The molecule has 0 spiro atoms. The molecule has 5 aliphatic rings. The maximum Gasteiger partial charge on any atom is 0.186 e. The number of hydrogen-bond donors (Lipinski definition) is 20. The summed E-state index contributed by atoms with van der Waals surface area (Å²) in [5.74, 6) is 0. The lowest BCUT2D eigenvalue weighted by Crippen LogP contribution is -2.59. The molecule has 31 heteroatoms. The van der Waals surface area contributed by atoms with Crippen LogP contribution in [-0.4, -0.2) is 335 Å². The molecular formula is C53H106O31. The summed E-state index contributed by atoms with van der Waals surface area (Å²) in [6.45, 7) is 10.6. The maximum atomic E-state index is 9.68. The lowest BCUT2D eigenvalue weighted by atomic mass is 9.99. The first-order valence-electron chi connectivity index (χ1n) is 29.3. The summed E-state index contributed by atoms with van der Waals surface area (Å²) in [6.07, 6.45) is -19.2. The summed E-state index contributed by atoms with van der Waals surface area (Å²) in [6, 6.07) is 0. The fourth-order valence-electron chi connectivity index (χ4n) is 8.35. The lowest BCUT2D eigenvalue weighted by molar-refractivity contribution is -0.302. The van der Waals surface area contributed by atoms with Gasteiger partial charge < -0.3 is 154 Å². The molecule has 5 heterocycles. The zero-order chi connectivity index (χ0) is 63.5. The van der Waals surface area contributed by atoms with E-state index in [2.05, 4.69) is 13.8 Å². The quantitative estimate of drug-likeness (QED) is 0.0310. The Labute approximate surface area is 491 Å². The van der Waals surface area contributed by atoms with E-state index in [0.29, 0.717) is 39.6 Å². The van der Waals surface area contributed by atoms with Crippen molar-refractivity contribution in [3.63, 3.8) is 0 Å². The molecule has 0 aromatic rings. The number of hydrogen-bond acceptors (Lipinski definition) is 31. The number of ether oxygens (including phenoxy) is 11. The van der Waals surface area contributed by atoms with E-state index in [1.165, 1.54) is 0 Å². The molecule has 5 fully saturated rings. The second-order valence-corrected chi connectivity index (χ2v) is 20.6. The normalized spacial score (nSPS) is 38.6. The topological polar surface area (TPSA) is 506 Å². The summed E-state index contributed by atoms with van der Waals surface area (Å²) >= 11 is 0. The van der Waals surface area contributed by atoms with Crippen LogP contribution >= 0.6 is 0 Å². The zero-order valence-corrected chi connectivity index (χ0v) is 49.1. The van der Waals surface area contributed by atoms with Crippen LogP contribution in [0, 0.1) is 0 Å². The number of rotatable bonds is 29. The molecule has 5 saturated heterocycles. The average molecular weight is 1240 g/mol. The highest BCUT2D eigenvalue weighted by molar-refractivity contribution is 4.92. The van der Waals surface area contributed by atoms with Gasteiger partial charge >= 0.3 is 0 Å². The Morgan fingerprint density at radius 1 is 0.226 bits per heavy atom. The Kier molecular flexibility index (Phi) is 44.2. The predicted molar refractivity (Wildman–Crippen MR) is 289 cm³/mol. The van der Waals surface area contributed by atoms with E-state index in [4.69, 9.17) is 77.6 Å². The van der Waals surface area contributed by atoms with Gasteiger partial charge in [-0.2, -0.15) is 0 Å². The van der Waals surface area contributed by atoms with Crippen molar-refractivity contribution in [3.8, 4) is 0 Å². The van der Waals surface area contributed by atoms with E-state index in [-0.39, 0.29) is 6.61 Å². The first-order valence-corrected chi connectivity index (χ1v) is 29.3. The van der Waals surface area contributed by atoms with Crippen molar-refractivity contribution in [2.75, 3.05) is 79.3 Å². The second kappa shape index (κ2) is 45.9. The van der Waals surface area contributed by atoms with Crippen LogP contribution in [-0.2, 0) is 52.1 Å². The number of aliphatic hydroxyl groups is 20. The van der Waals surface area contributed by atoms with Gasteiger partial charge in [0, 0.05) is 33.0 Å². The van der Waals surface area contributed by atoms with Crippen LogP contribution < -0.4 is 0 Å². The van der Waals surface area contributed by atoms with Gasteiger partial charge in [0.25, 0.3) is 0 Å². The molecule has 5 aliphatic heterocycles. The molecule has 0 saturated carbocycles. The molecule has 84 heavy (non-hydrogen) atoms. The van der Waals surface area contributed by atoms with Crippen LogP contribution in [0.25, 0.3) is 0 Å². The van der Waals surface area contributed by atoms with E-state index in [0.717, 1.165) is 70.6 Å². The first-order chi connectivity index (χ1) is 40.1. The molecule has 0 radical (unpaired) electrons. The standard InChI is InChI=1S/C12H24O6.C11H22O7.C11H22O6.C10H20O6.C9H18O6/c1-2-3-4-5-6-17-12-11(16)10(15)9(14)8(7-13)18-12;1-2-3-16-4-5-17-11-10(15)9(14)8(13)7(6-12)18-11;1-2-3-4-5-16-11-10(15)9(14)8(13)7(6-12)17-11;1-2-3-4-15-10-9(14)8(13)7(12)6(5-11)16-10;1-2-3-14-9-8(13)7(12)6(11)5(4-10)15-9/h8-16H,2-7H2,1H3;7-15H,2-6H2,1H3;7-15H,2-6H2,1H3;6-14H,2-5H2,1H3;5-13H,2-4H2,1H3/t8?,9-,10-,11?,12+;2*7?,8-,9-,10?,11+;6?,7-,8-,9?,10+;5?,6-,7-,8?,9+/m00000/s1. The van der Waals surface area contributed by atoms with Gasteiger partial charge in [-0.3, -0.25) is 0 Å². The molecule has 20 N–H and O–H groups in total. The van der Waals surface area contributed by atoms with Gasteiger partial charge in [0.05, 0.1) is 46.2 Å². The van der Waals surface area contributed by atoms with Gasteiger partial charge in [0.15, 0.2) is 31.5 Å². The van der Waals surface area contributed by atoms with Crippen molar-refractivity contribution in [2.45, 2.75) is 259 Å². The summed E-state index contributed by atoms with van der Waals surface area (Å²) in [4.78, 5) is 0. The largest absolute Gasteiger partial charge is 0.394 e.